The van der Waals surface area contributed by atoms with Gasteiger partial charge in [0.1, 0.15) is 0 Å². The molecular formula is C16H23NO. The molecule has 0 heterocycles. The van der Waals surface area contributed by atoms with Crippen molar-refractivity contribution in [2.75, 3.05) is 6.54 Å². The van der Waals surface area contributed by atoms with Crippen molar-refractivity contribution in [3.8, 4) is 0 Å². The highest BCUT2D eigenvalue weighted by Gasteiger charge is 2.20. The summed E-state index contributed by atoms with van der Waals surface area (Å²) in [4.78, 5) is 11.8. The van der Waals surface area contributed by atoms with Crippen molar-refractivity contribution < 1.29 is 4.79 Å². The lowest BCUT2D eigenvalue weighted by atomic mass is 9.83. The molecule has 1 amide bonds. The normalized spacial score (nSPS) is 20.0. The number of rotatable bonds is 4. The quantitative estimate of drug-likeness (QED) is 0.866. The molecule has 1 N–H and O–H groups in total. The van der Waals surface area contributed by atoms with E-state index in [9.17, 15) is 4.79 Å². The summed E-state index contributed by atoms with van der Waals surface area (Å²) in [6, 6.07) is 8.65. The first kappa shape index (κ1) is 13.1. The number of hydrogen-bond acceptors (Lipinski definition) is 1. The van der Waals surface area contributed by atoms with Crippen LogP contribution in [0.25, 0.3) is 0 Å². The molecule has 1 aromatic rings. The average Bonchev–Trinajstić information content (AvgIpc) is 2.43. The van der Waals surface area contributed by atoms with Crippen LogP contribution in [0.1, 0.15) is 50.2 Å². The zero-order valence-corrected chi connectivity index (χ0v) is 11.4. The van der Waals surface area contributed by atoms with Crippen molar-refractivity contribution in [3.05, 3.63) is 35.4 Å². The molecule has 2 unspecified atom stereocenters. The summed E-state index contributed by atoms with van der Waals surface area (Å²) >= 11 is 0. The van der Waals surface area contributed by atoms with Gasteiger partial charge < -0.3 is 5.32 Å². The van der Waals surface area contributed by atoms with Crippen LogP contribution < -0.4 is 5.32 Å². The van der Waals surface area contributed by atoms with Gasteiger partial charge in [-0.05, 0) is 36.8 Å². The first-order valence-electron chi connectivity index (χ1n) is 7.08. The third kappa shape index (κ3) is 2.92. The van der Waals surface area contributed by atoms with E-state index < -0.39 is 0 Å². The topological polar surface area (TPSA) is 29.1 Å². The van der Waals surface area contributed by atoms with Crippen LogP contribution in [0, 0.1) is 5.92 Å². The highest BCUT2D eigenvalue weighted by Crippen LogP contribution is 2.30. The average molecular weight is 245 g/mol. The lowest BCUT2D eigenvalue weighted by Gasteiger charge is -2.26. The van der Waals surface area contributed by atoms with E-state index in [2.05, 4.69) is 36.5 Å². The van der Waals surface area contributed by atoms with Crippen LogP contribution in [0.3, 0.4) is 0 Å². The minimum atomic E-state index is 0.129. The Kier molecular flexibility index (Phi) is 4.40. The van der Waals surface area contributed by atoms with Crippen LogP contribution in [0.4, 0.5) is 0 Å². The van der Waals surface area contributed by atoms with Gasteiger partial charge in [-0.2, -0.15) is 0 Å². The Morgan fingerprint density at radius 2 is 2.22 bits per heavy atom. The van der Waals surface area contributed by atoms with Crippen molar-refractivity contribution in [3.63, 3.8) is 0 Å². The molecule has 0 bridgehead atoms. The van der Waals surface area contributed by atoms with Gasteiger partial charge in [-0.3, -0.25) is 4.79 Å². The Balaban J connectivity index is 1.97. The number of aryl methyl sites for hydroxylation is 1. The summed E-state index contributed by atoms with van der Waals surface area (Å²) in [5, 5.41) is 3.11. The molecule has 0 spiro atoms. The Morgan fingerprint density at radius 1 is 1.44 bits per heavy atom. The van der Waals surface area contributed by atoms with Crippen molar-refractivity contribution >= 4 is 5.91 Å². The van der Waals surface area contributed by atoms with Crippen molar-refractivity contribution in [1.29, 1.82) is 0 Å². The number of amides is 1. The largest absolute Gasteiger partial charge is 0.355 e. The molecule has 2 rings (SSSR count). The summed E-state index contributed by atoms with van der Waals surface area (Å²) in [5.41, 5.74) is 2.90. The fourth-order valence-electron chi connectivity index (χ4n) is 2.65. The van der Waals surface area contributed by atoms with Crippen LogP contribution in [0.2, 0.25) is 0 Å². The van der Waals surface area contributed by atoms with Gasteiger partial charge >= 0.3 is 0 Å². The van der Waals surface area contributed by atoms with Crippen LogP contribution >= 0.6 is 0 Å². The van der Waals surface area contributed by atoms with E-state index in [0.29, 0.717) is 5.92 Å². The third-order valence-electron chi connectivity index (χ3n) is 4.08. The maximum absolute atomic E-state index is 11.8. The van der Waals surface area contributed by atoms with Gasteiger partial charge in [0, 0.05) is 18.4 Å². The lowest BCUT2D eigenvalue weighted by molar-refractivity contribution is -0.124. The van der Waals surface area contributed by atoms with E-state index in [4.69, 9.17) is 0 Å². The van der Waals surface area contributed by atoms with Crippen molar-refractivity contribution in [1.82, 2.24) is 5.32 Å². The molecule has 18 heavy (non-hydrogen) atoms. The zero-order valence-electron chi connectivity index (χ0n) is 11.4. The molecule has 98 valence electrons. The second-order valence-corrected chi connectivity index (χ2v) is 5.34. The molecule has 1 aromatic carbocycles. The Bertz CT molecular complexity index is 413. The van der Waals surface area contributed by atoms with Gasteiger partial charge in [-0.1, -0.05) is 38.1 Å². The summed E-state index contributed by atoms with van der Waals surface area (Å²) in [6.45, 7) is 4.84. The molecule has 1 aliphatic carbocycles. The molecule has 0 saturated carbocycles. The maximum atomic E-state index is 11.8. The standard InChI is InChI=1S/C16H23NO/c1-3-12(2)16(18)17-11-14-9-6-8-13-7-4-5-10-15(13)14/h4-5,7,10,12,14H,3,6,8-9,11H2,1-2H3,(H,17,18). The third-order valence-corrected chi connectivity index (χ3v) is 4.08. The summed E-state index contributed by atoms with van der Waals surface area (Å²) in [7, 11) is 0. The highest BCUT2D eigenvalue weighted by atomic mass is 16.1. The van der Waals surface area contributed by atoms with Crippen LogP contribution in [-0.2, 0) is 11.2 Å². The van der Waals surface area contributed by atoms with Crippen LogP contribution in [0.15, 0.2) is 24.3 Å². The SMILES string of the molecule is CCC(C)C(=O)NCC1CCCc2ccccc21. The van der Waals surface area contributed by atoms with E-state index in [1.165, 1.54) is 30.4 Å². The predicted molar refractivity (Wildman–Crippen MR) is 74.6 cm³/mol. The second-order valence-electron chi connectivity index (χ2n) is 5.34. The molecule has 0 radical (unpaired) electrons. The van der Waals surface area contributed by atoms with Crippen molar-refractivity contribution in [2.24, 2.45) is 5.92 Å². The monoisotopic (exact) mass is 245 g/mol. The molecular weight excluding hydrogens is 222 g/mol. The van der Waals surface area contributed by atoms with Crippen molar-refractivity contribution in [2.45, 2.75) is 45.4 Å². The van der Waals surface area contributed by atoms with E-state index >= 15 is 0 Å². The van der Waals surface area contributed by atoms with Gasteiger partial charge in [0.25, 0.3) is 0 Å². The van der Waals surface area contributed by atoms with E-state index in [0.717, 1.165) is 13.0 Å². The molecule has 2 heteroatoms. The van der Waals surface area contributed by atoms with E-state index in [-0.39, 0.29) is 11.8 Å². The van der Waals surface area contributed by atoms with Crippen LogP contribution in [-0.4, -0.2) is 12.5 Å². The number of fused-ring (bicyclic) bond motifs is 1. The fourth-order valence-corrected chi connectivity index (χ4v) is 2.65. The zero-order chi connectivity index (χ0) is 13.0. The number of hydrogen-bond donors (Lipinski definition) is 1. The first-order chi connectivity index (χ1) is 8.72. The Hall–Kier alpha value is -1.31. The Morgan fingerprint density at radius 3 is 3.00 bits per heavy atom. The number of benzene rings is 1. The highest BCUT2D eigenvalue weighted by molar-refractivity contribution is 5.78. The molecule has 1 aliphatic rings. The number of carbonyl (C=O) groups is 1. The molecule has 0 saturated heterocycles. The second kappa shape index (κ2) is 6.03. The van der Waals surface area contributed by atoms with E-state index in [1.807, 2.05) is 6.92 Å². The predicted octanol–water partition coefficient (Wildman–Crippen LogP) is 3.27. The minimum Gasteiger partial charge on any atom is -0.355 e. The minimum absolute atomic E-state index is 0.129. The molecule has 2 atom stereocenters. The summed E-state index contributed by atoms with van der Waals surface area (Å²) < 4.78 is 0. The molecule has 2 nitrogen and oxygen atoms in total. The molecule has 0 aliphatic heterocycles. The van der Waals surface area contributed by atoms with Crippen LogP contribution in [0.5, 0.6) is 0 Å². The van der Waals surface area contributed by atoms with Gasteiger partial charge in [-0.25, -0.2) is 0 Å². The molecule has 0 aromatic heterocycles. The van der Waals surface area contributed by atoms with Gasteiger partial charge in [0.05, 0.1) is 0 Å². The Labute approximate surface area is 110 Å². The number of nitrogens with one attached hydrogen (secondary N) is 1. The van der Waals surface area contributed by atoms with Gasteiger partial charge in [-0.15, -0.1) is 0 Å². The maximum Gasteiger partial charge on any atom is 0.222 e. The summed E-state index contributed by atoms with van der Waals surface area (Å²) in [6.07, 6.45) is 4.53. The first-order valence-corrected chi connectivity index (χ1v) is 7.08. The number of carbonyl (C=O) groups excluding carboxylic acids is 1. The molecule has 0 fully saturated rings. The summed E-state index contributed by atoms with van der Waals surface area (Å²) in [5.74, 6) is 0.826. The van der Waals surface area contributed by atoms with E-state index in [1.54, 1.807) is 0 Å². The fraction of sp³-hybridized carbons (Fsp3) is 0.562. The van der Waals surface area contributed by atoms with Gasteiger partial charge in [0.2, 0.25) is 5.91 Å². The smallest absolute Gasteiger partial charge is 0.222 e. The van der Waals surface area contributed by atoms with Gasteiger partial charge in [0.15, 0.2) is 0 Å². The lowest BCUT2D eigenvalue weighted by Crippen LogP contribution is -2.33.